The lowest BCUT2D eigenvalue weighted by Gasteiger charge is -2.38. The largest absolute Gasteiger partial charge is 0.343 e. The van der Waals surface area contributed by atoms with Gasteiger partial charge in [0, 0.05) is 26.1 Å². The number of carbonyl (C=O) groups is 1. The molecular formula is C21H29N3O. The fourth-order valence-corrected chi connectivity index (χ4v) is 4.35. The van der Waals surface area contributed by atoms with Crippen molar-refractivity contribution in [3.05, 3.63) is 35.9 Å². The van der Waals surface area contributed by atoms with E-state index >= 15 is 0 Å². The van der Waals surface area contributed by atoms with E-state index < -0.39 is 5.41 Å². The van der Waals surface area contributed by atoms with Gasteiger partial charge in [-0.05, 0) is 57.2 Å². The second kappa shape index (κ2) is 8.01. The highest BCUT2D eigenvalue weighted by Crippen LogP contribution is 2.35. The normalized spacial score (nSPS) is 23.8. The maximum absolute atomic E-state index is 12.6. The predicted molar refractivity (Wildman–Crippen MR) is 99.0 cm³/mol. The average molecular weight is 339 g/mol. The molecule has 0 saturated carbocycles. The molecule has 4 nitrogen and oxygen atoms in total. The van der Waals surface area contributed by atoms with Gasteiger partial charge in [0.25, 0.3) is 0 Å². The molecule has 2 heterocycles. The quantitative estimate of drug-likeness (QED) is 0.846. The molecule has 1 amide bonds. The first-order valence-electron chi connectivity index (χ1n) is 9.56. The number of hydrogen-bond acceptors (Lipinski definition) is 3. The summed E-state index contributed by atoms with van der Waals surface area (Å²) in [5.41, 5.74) is 0.666. The second-order valence-electron chi connectivity index (χ2n) is 7.75. The predicted octanol–water partition coefficient (Wildman–Crippen LogP) is 3.19. The zero-order valence-electron chi connectivity index (χ0n) is 15.3. The maximum Gasteiger partial charge on any atom is 0.222 e. The van der Waals surface area contributed by atoms with E-state index in [1.807, 2.05) is 35.2 Å². The van der Waals surface area contributed by atoms with Crippen molar-refractivity contribution < 1.29 is 4.79 Å². The highest BCUT2D eigenvalue weighted by molar-refractivity contribution is 5.76. The Morgan fingerprint density at radius 3 is 2.60 bits per heavy atom. The average Bonchev–Trinajstić information content (AvgIpc) is 2.67. The molecule has 1 atom stereocenters. The van der Waals surface area contributed by atoms with Crippen LogP contribution in [-0.2, 0) is 10.2 Å². The Balaban J connectivity index is 1.51. The molecule has 0 aromatic heterocycles. The first-order chi connectivity index (χ1) is 12.1. The van der Waals surface area contributed by atoms with Gasteiger partial charge in [-0.25, -0.2) is 0 Å². The van der Waals surface area contributed by atoms with E-state index in [2.05, 4.69) is 18.0 Å². The molecule has 2 fully saturated rings. The zero-order valence-corrected chi connectivity index (χ0v) is 15.3. The van der Waals surface area contributed by atoms with Gasteiger partial charge in [-0.1, -0.05) is 30.3 Å². The molecule has 1 aromatic carbocycles. The fraction of sp³-hybridized carbons (Fsp3) is 0.619. The van der Waals surface area contributed by atoms with Gasteiger partial charge >= 0.3 is 0 Å². The molecule has 0 radical (unpaired) electrons. The Labute approximate surface area is 151 Å². The first kappa shape index (κ1) is 17.9. The van der Waals surface area contributed by atoms with E-state index in [1.165, 1.54) is 19.4 Å². The van der Waals surface area contributed by atoms with Gasteiger partial charge in [0.2, 0.25) is 5.91 Å². The van der Waals surface area contributed by atoms with Crippen molar-refractivity contribution >= 4 is 5.91 Å². The highest BCUT2D eigenvalue weighted by atomic mass is 16.2. The number of amides is 1. The van der Waals surface area contributed by atoms with E-state index in [4.69, 9.17) is 0 Å². The molecule has 1 aromatic rings. The molecule has 0 bridgehead atoms. The lowest BCUT2D eigenvalue weighted by Crippen LogP contribution is -2.44. The number of rotatable bonds is 4. The zero-order chi connectivity index (χ0) is 17.7. The topological polar surface area (TPSA) is 47.3 Å². The number of nitrogens with zero attached hydrogens (tertiary/aromatic N) is 3. The van der Waals surface area contributed by atoms with Crippen LogP contribution in [0.3, 0.4) is 0 Å². The third kappa shape index (κ3) is 4.22. The van der Waals surface area contributed by atoms with Gasteiger partial charge < -0.3 is 9.80 Å². The Morgan fingerprint density at radius 1 is 1.24 bits per heavy atom. The summed E-state index contributed by atoms with van der Waals surface area (Å²) in [6.45, 7) is 3.71. The minimum absolute atomic E-state index is 0.271. The third-order valence-corrected chi connectivity index (χ3v) is 6.00. The first-order valence-corrected chi connectivity index (χ1v) is 9.56. The fourth-order valence-electron chi connectivity index (χ4n) is 4.35. The molecule has 4 heteroatoms. The van der Waals surface area contributed by atoms with E-state index in [0.717, 1.165) is 31.4 Å². The van der Waals surface area contributed by atoms with Crippen LogP contribution in [0, 0.1) is 17.2 Å². The van der Waals surface area contributed by atoms with Crippen LogP contribution in [-0.4, -0.2) is 48.9 Å². The van der Waals surface area contributed by atoms with Crippen LogP contribution in [0.5, 0.6) is 0 Å². The number of carbonyl (C=O) groups excluding carboxylic acids is 1. The minimum Gasteiger partial charge on any atom is -0.343 e. The lowest BCUT2D eigenvalue weighted by atomic mass is 9.74. The number of likely N-dealkylation sites (tertiary alicyclic amines) is 2. The van der Waals surface area contributed by atoms with Crippen LogP contribution < -0.4 is 0 Å². The van der Waals surface area contributed by atoms with Crippen molar-refractivity contribution in [2.45, 2.75) is 43.9 Å². The van der Waals surface area contributed by atoms with Gasteiger partial charge in [0.1, 0.15) is 0 Å². The van der Waals surface area contributed by atoms with Crippen LogP contribution in [0.1, 0.15) is 44.1 Å². The van der Waals surface area contributed by atoms with Gasteiger partial charge in [-0.3, -0.25) is 4.79 Å². The Kier molecular flexibility index (Phi) is 5.75. The van der Waals surface area contributed by atoms with Gasteiger partial charge in [0.05, 0.1) is 11.5 Å². The smallest absolute Gasteiger partial charge is 0.222 e. The van der Waals surface area contributed by atoms with Crippen molar-refractivity contribution in [3.63, 3.8) is 0 Å². The van der Waals surface area contributed by atoms with Crippen molar-refractivity contribution in [1.29, 1.82) is 5.26 Å². The van der Waals surface area contributed by atoms with Crippen molar-refractivity contribution in [3.8, 4) is 6.07 Å². The van der Waals surface area contributed by atoms with E-state index in [0.29, 0.717) is 25.4 Å². The summed E-state index contributed by atoms with van der Waals surface area (Å²) in [6, 6.07) is 12.6. The molecule has 0 spiro atoms. The summed E-state index contributed by atoms with van der Waals surface area (Å²) in [4.78, 5) is 16.9. The minimum atomic E-state index is -0.426. The molecule has 2 aliphatic rings. The summed E-state index contributed by atoms with van der Waals surface area (Å²) in [6.07, 6.45) is 5.64. The molecule has 0 N–H and O–H groups in total. The van der Waals surface area contributed by atoms with Gasteiger partial charge in [0.15, 0.2) is 0 Å². The van der Waals surface area contributed by atoms with Crippen LogP contribution in [0.25, 0.3) is 0 Å². The Morgan fingerprint density at radius 2 is 1.96 bits per heavy atom. The van der Waals surface area contributed by atoms with Crippen molar-refractivity contribution in [2.24, 2.45) is 5.92 Å². The Hall–Kier alpha value is -1.86. The van der Waals surface area contributed by atoms with E-state index in [9.17, 15) is 10.1 Å². The van der Waals surface area contributed by atoms with Crippen molar-refractivity contribution in [1.82, 2.24) is 9.80 Å². The summed E-state index contributed by atoms with van der Waals surface area (Å²) in [5, 5.41) is 9.76. The number of nitriles is 1. The van der Waals surface area contributed by atoms with Crippen LogP contribution in [0.4, 0.5) is 0 Å². The third-order valence-electron chi connectivity index (χ3n) is 6.00. The Bertz CT molecular complexity index is 614. The molecule has 3 rings (SSSR count). The van der Waals surface area contributed by atoms with Gasteiger partial charge in [-0.2, -0.15) is 5.26 Å². The van der Waals surface area contributed by atoms with E-state index in [-0.39, 0.29) is 5.91 Å². The summed E-state index contributed by atoms with van der Waals surface area (Å²) >= 11 is 0. The van der Waals surface area contributed by atoms with Crippen LogP contribution in [0.15, 0.2) is 30.3 Å². The lowest BCUT2D eigenvalue weighted by molar-refractivity contribution is -0.133. The second-order valence-corrected chi connectivity index (χ2v) is 7.75. The number of benzene rings is 1. The molecule has 0 unspecified atom stereocenters. The molecule has 2 saturated heterocycles. The van der Waals surface area contributed by atoms with Gasteiger partial charge in [-0.15, -0.1) is 0 Å². The monoisotopic (exact) mass is 339 g/mol. The van der Waals surface area contributed by atoms with Crippen molar-refractivity contribution in [2.75, 3.05) is 33.2 Å². The standard InChI is InChI=1S/C21H29N3O/c1-23-13-5-6-18(16-23)9-10-20(25)24-14-11-21(17-22,12-15-24)19-7-3-2-4-8-19/h2-4,7-8,18H,5-6,9-16H2,1H3/t18-/m0/s1. The maximum atomic E-state index is 12.6. The molecule has 0 aliphatic carbocycles. The molecule has 2 aliphatic heterocycles. The SMILES string of the molecule is CN1CCC[C@@H](CCC(=O)N2CCC(C#N)(c3ccccc3)CC2)C1. The van der Waals surface area contributed by atoms with Crippen LogP contribution >= 0.6 is 0 Å². The summed E-state index contributed by atoms with van der Waals surface area (Å²) in [7, 11) is 2.17. The van der Waals surface area contributed by atoms with Crippen LogP contribution in [0.2, 0.25) is 0 Å². The summed E-state index contributed by atoms with van der Waals surface area (Å²) < 4.78 is 0. The molecular weight excluding hydrogens is 310 g/mol. The summed E-state index contributed by atoms with van der Waals surface area (Å²) in [5.74, 6) is 0.933. The molecule has 134 valence electrons. The highest BCUT2D eigenvalue weighted by Gasteiger charge is 2.37. The number of piperidine rings is 2. The van der Waals surface area contributed by atoms with E-state index in [1.54, 1.807) is 0 Å². The molecule has 25 heavy (non-hydrogen) atoms. The number of hydrogen-bond donors (Lipinski definition) is 0.